The van der Waals surface area contributed by atoms with Crippen molar-refractivity contribution in [3.63, 3.8) is 0 Å². The maximum Gasteiger partial charge on any atom is 0.0255 e. The standard InChI is InChI=1S/C19H12/c1-3-5-6-7-8-9-10-11-13-19-16-14-18(12-4-2)15-17-19/h1,14-17H,4,12H2,2H3. The number of benzene rings is 1. The largest absolute Gasteiger partial charge is 0.106 e. The van der Waals surface area contributed by atoms with Crippen molar-refractivity contribution in [2.45, 2.75) is 19.8 Å². The van der Waals surface area contributed by atoms with Crippen LogP contribution in [0, 0.1) is 59.7 Å². The number of rotatable bonds is 2. The highest BCUT2D eigenvalue weighted by atomic mass is 13.9. The van der Waals surface area contributed by atoms with Gasteiger partial charge in [-0.3, -0.25) is 0 Å². The lowest BCUT2D eigenvalue weighted by atomic mass is 10.1. The van der Waals surface area contributed by atoms with E-state index in [0.29, 0.717) is 0 Å². The molecule has 1 aromatic rings. The smallest absolute Gasteiger partial charge is 0.0255 e. The fraction of sp³-hybridized carbons (Fsp3) is 0.158. The van der Waals surface area contributed by atoms with Crippen LogP contribution in [0.15, 0.2) is 24.3 Å². The Bertz CT molecular complexity index is 694. The van der Waals surface area contributed by atoms with Crippen LogP contribution < -0.4 is 0 Å². The summed E-state index contributed by atoms with van der Waals surface area (Å²) in [4.78, 5) is 0. The average molecular weight is 240 g/mol. The van der Waals surface area contributed by atoms with E-state index in [-0.39, 0.29) is 0 Å². The number of terminal acetylenes is 1. The van der Waals surface area contributed by atoms with Crippen LogP contribution in [0.25, 0.3) is 0 Å². The summed E-state index contributed by atoms with van der Waals surface area (Å²) in [6.45, 7) is 2.16. The Morgan fingerprint density at radius 2 is 1.42 bits per heavy atom. The van der Waals surface area contributed by atoms with Gasteiger partial charge in [-0.25, -0.2) is 0 Å². The SMILES string of the molecule is C#CC#CC#CC#CC#Cc1ccc(CCC)cc1. The maximum absolute atomic E-state index is 4.94. The van der Waals surface area contributed by atoms with E-state index in [2.05, 4.69) is 72.3 Å². The van der Waals surface area contributed by atoms with E-state index >= 15 is 0 Å². The molecule has 0 aliphatic rings. The van der Waals surface area contributed by atoms with Gasteiger partial charge in [0, 0.05) is 5.56 Å². The number of aryl methyl sites for hydroxylation is 1. The van der Waals surface area contributed by atoms with Crippen LogP contribution in [0.3, 0.4) is 0 Å². The van der Waals surface area contributed by atoms with E-state index in [4.69, 9.17) is 6.42 Å². The van der Waals surface area contributed by atoms with Crippen LogP contribution >= 0.6 is 0 Å². The summed E-state index contributed by atoms with van der Waals surface area (Å²) >= 11 is 0. The van der Waals surface area contributed by atoms with Crippen LogP contribution in [-0.4, -0.2) is 0 Å². The summed E-state index contributed by atoms with van der Waals surface area (Å²) in [6.07, 6.45) is 7.18. The molecule has 0 spiro atoms. The van der Waals surface area contributed by atoms with E-state index in [1.165, 1.54) is 5.56 Å². The number of hydrogen-bond acceptors (Lipinski definition) is 0. The summed E-state index contributed by atoms with van der Waals surface area (Å²) in [5, 5.41) is 0. The molecule has 0 amide bonds. The third-order valence-corrected chi connectivity index (χ3v) is 2.15. The van der Waals surface area contributed by atoms with E-state index in [0.717, 1.165) is 18.4 Å². The summed E-state index contributed by atoms with van der Waals surface area (Å²) < 4.78 is 0. The van der Waals surface area contributed by atoms with Gasteiger partial charge in [-0.05, 0) is 71.5 Å². The molecule has 0 aliphatic heterocycles. The first kappa shape index (κ1) is 14.1. The highest BCUT2D eigenvalue weighted by molar-refractivity contribution is 5.45. The van der Waals surface area contributed by atoms with Gasteiger partial charge in [0.15, 0.2) is 0 Å². The van der Waals surface area contributed by atoms with Crippen LogP contribution in [0.4, 0.5) is 0 Å². The summed E-state index contributed by atoms with van der Waals surface area (Å²) in [7, 11) is 0. The Labute approximate surface area is 115 Å². The van der Waals surface area contributed by atoms with Gasteiger partial charge in [-0.1, -0.05) is 31.4 Å². The lowest BCUT2D eigenvalue weighted by Crippen LogP contribution is -1.82. The van der Waals surface area contributed by atoms with E-state index in [1.54, 1.807) is 0 Å². The van der Waals surface area contributed by atoms with Gasteiger partial charge in [0.25, 0.3) is 0 Å². The molecule has 0 unspecified atom stereocenters. The second-order valence-electron chi connectivity index (χ2n) is 3.59. The molecule has 0 heteroatoms. The number of hydrogen-bond donors (Lipinski definition) is 0. The molecule has 0 saturated heterocycles. The van der Waals surface area contributed by atoms with Crippen molar-refractivity contribution < 1.29 is 0 Å². The van der Waals surface area contributed by atoms with Gasteiger partial charge in [0.05, 0.1) is 0 Å². The summed E-state index contributed by atoms with van der Waals surface area (Å²) in [5.74, 6) is 23.0. The van der Waals surface area contributed by atoms with Crippen molar-refractivity contribution in [1.82, 2.24) is 0 Å². The quantitative estimate of drug-likeness (QED) is 0.697. The first-order chi connectivity index (χ1) is 9.36. The Balaban J connectivity index is 2.61. The summed E-state index contributed by atoms with van der Waals surface area (Å²) in [5.41, 5.74) is 2.28. The van der Waals surface area contributed by atoms with Gasteiger partial charge in [-0.15, -0.1) is 6.42 Å². The molecule has 0 saturated carbocycles. The zero-order valence-corrected chi connectivity index (χ0v) is 10.8. The van der Waals surface area contributed by atoms with Crippen LogP contribution in [0.5, 0.6) is 0 Å². The van der Waals surface area contributed by atoms with Gasteiger partial charge in [0.1, 0.15) is 0 Å². The van der Waals surface area contributed by atoms with E-state index < -0.39 is 0 Å². The predicted molar refractivity (Wildman–Crippen MR) is 79.5 cm³/mol. The molecule has 0 N–H and O–H groups in total. The zero-order chi connectivity index (χ0) is 13.8. The fourth-order valence-electron chi connectivity index (χ4n) is 1.34. The van der Waals surface area contributed by atoms with Gasteiger partial charge < -0.3 is 0 Å². The fourth-order valence-corrected chi connectivity index (χ4v) is 1.34. The normalized spacial score (nSPS) is 6.95. The van der Waals surface area contributed by atoms with Crippen molar-refractivity contribution in [1.29, 1.82) is 0 Å². The Morgan fingerprint density at radius 1 is 0.842 bits per heavy atom. The van der Waals surface area contributed by atoms with Crippen LogP contribution in [-0.2, 0) is 6.42 Å². The minimum atomic E-state index is 0.953. The second kappa shape index (κ2) is 9.09. The highest BCUT2D eigenvalue weighted by Crippen LogP contribution is 2.05. The predicted octanol–water partition coefficient (Wildman–Crippen LogP) is 2.63. The van der Waals surface area contributed by atoms with Crippen molar-refractivity contribution >= 4 is 0 Å². The molecular weight excluding hydrogens is 228 g/mol. The Morgan fingerprint density at radius 3 is 2.00 bits per heavy atom. The lowest BCUT2D eigenvalue weighted by molar-refractivity contribution is 0.922. The van der Waals surface area contributed by atoms with Gasteiger partial charge >= 0.3 is 0 Å². The maximum atomic E-state index is 4.94. The van der Waals surface area contributed by atoms with Crippen LogP contribution in [0.1, 0.15) is 24.5 Å². The van der Waals surface area contributed by atoms with Crippen molar-refractivity contribution in [3.05, 3.63) is 35.4 Å². The Kier molecular flexibility index (Phi) is 6.74. The average Bonchev–Trinajstić information content (AvgIpc) is 2.44. The molecule has 1 aromatic carbocycles. The Hall–Kier alpha value is -2.98. The molecule has 0 nitrogen and oxygen atoms in total. The van der Waals surface area contributed by atoms with Crippen molar-refractivity contribution in [2.75, 3.05) is 0 Å². The molecule has 1 rings (SSSR count). The van der Waals surface area contributed by atoms with Gasteiger partial charge in [0.2, 0.25) is 0 Å². The van der Waals surface area contributed by atoms with Crippen LogP contribution in [0.2, 0.25) is 0 Å². The molecule has 0 aliphatic carbocycles. The third-order valence-electron chi connectivity index (χ3n) is 2.15. The molecule has 0 fully saturated rings. The highest BCUT2D eigenvalue weighted by Gasteiger charge is 1.90. The first-order valence-electron chi connectivity index (χ1n) is 5.92. The molecule has 0 heterocycles. The molecule has 0 bridgehead atoms. The van der Waals surface area contributed by atoms with Gasteiger partial charge in [-0.2, -0.15) is 0 Å². The molecule has 0 aromatic heterocycles. The topological polar surface area (TPSA) is 0 Å². The van der Waals surface area contributed by atoms with Crippen molar-refractivity contribution in [2.24, 2.45) is 0 Å². The first-order valence-corrected chi connectivity index (χ1v) is 5.92. The second-order valence-corrected chi connectivity index (χ2v) is 3.59. The minimum Gasteiger partial charge on any atom is -0.106 e. The van der Waals surface area contributed by atoms with Crippen molar-refractivity contribution in [3.8, 4) is 59.7 Å². The molecule has 0 atom stereocenters. The molecule has 19 heavy (non-hydrogen) atoms. The minimum absolute atomic E-state index is 0.953. The van der Waals surface area contributed by atoms with E-state index in [9.17, 15) is 0 Å². The van der Waals surface area contributed by atoms with E-state index in [1.807, 2.05) is 12.1 Å². The molecular formula is C19H12. The summed E-state index contributed by atoms with van der Waals surface area (Å²) in [6, 6.07) is 8.19. The molecule has 88 valence electrons. The zero-order valence-electron chi connectivity index (χ0n) is 10.8. The lowest BCUT2D eigenvalue weighted by Gasteiger charge is -1.96. The molecule has 0 radical (unpaired) electrons. The third kappa shape index (κ3) is 6.35. The monoisotopic (exact) mass is 240 g/mol.